The monoisotopic (exact) mass is 471 g/mol. The number of hydrogen-bond acceptors (Lipinski definition) is 3. The molecule has 0 fully saturated rings. The number of aromatic nitrogens is 2. The van der Waals surface area contributed by atoms with Crippen molar-refractivity contribution in [3.63, 3.8) is 0 Å². The number of benzene rings is 1. The number of nitrogens with zero attached hydrogens (tertiary/aromatic N) is 2. The van der Waals surface area contributed by atoms with Crippen LogP contribution < -0.4 is 4.72 Å². The molecule has 0 aliphatic carbocycles. The summed E-state index contributed by atoms with van der Waals surface area (Å²) in [6.45, 7) is -1.10. The Labute approximate surface area is 171 Å². The first kappa shape index (κ1) is 22.4. The van der Waals surface area contributed by atoms with E-state index in [-0.39, 0.29) is 15.7 Å². The van der Waals surface area contributed by atoms with Gasteiger partial charge < -0.3 is 0 Å². The highest BCUT2D eigenvalue weighted by Crippen LogP contribution is 2.36. The predicted octanol–water partition coefficient (Wildman–Crippen LogP) is 4.63. The topological polar surface area (TPSA) is 63.5 Å². The van der Waals surface area contributed by atoms with Crippen molar-refractivity contribution in [3.05, 3.63) is 65.1 Å². The molecule has 5 nitrogen and oxygen atoms in total. The number of fused-ring (bicyclic) bond motifs is 1. The van der Waals surface area contributed by atoms with Gasteiger partial charge in [0.15, 0.2) is 0 Å². The maximum absolute atomic E-state index is 13.4. The van der Waals surface area contributed by atoms with E-state index >= 15 is 0 Å². The molecule has 2 heterocycles. The SMILES string of the molecule is O=S(=O)(NC[C@H](c1ccc(C(F)(F)F)cc1)C(F)(F)F)c1ccn2c(Cl)cnc2c1. The van der Waals surface area contributed by atoms with Crippen LogP contribution in [0.25, 0.3) is 5.65 Å². The van der Waals surface area contributed by atoms with Gasteiger partial charge in [-0.2, -0.15) is 26.3 Å². The molecular formula is C17H12ClF6N3O2S. The van der Waals surface area contributed by atoms with E-state index in [1.54, 1.807) is 0 Å². The summed E-state index contributed by atoms with van der Waals surface area (Å²) in [6.07, 6.45) is -7.05. The number of alkyl halides is 6. The fourth-order valence-electron chi connectivity index (χ4n) is 2.70. The van der Waals surface area contributed by atoms with Crippen molar-refractivity contribution in [1.29, 1.82) is 0 Å². The van der Waals surface area contributed by atoms with Crippen LogP contribution in [-0.4, -0.2) is 30.5 Å². The molecule has 2 aromatic heterocycles. The van der Waals surface area contributed by atoms with E-state index in [9.17, 15) is 34.8 Å². The number of hydrogen-bond donors (Lipinski definition) is 1. The minimum Gasteiger partial charge on any atom is -0.290 e. The van der Waals surface area contributed by atoms with E-state index in [4.69, 9.17) is 11.6 Å². The van der Waals surface area contributed by atoms with Gasteiger partial charge in [-0.15, -0.1) is 0 Å². The van der Waals surface area contributed by atoms with Gasteiger partial charge in [-0.1, -0.05) is 23.7 Å². The first-order valence-corrected chi connectivity index (χ1v) is 10.0. The molecule has 162 valence electrons. The van der Waals surface area contributed by atoms with Gasteiger partial charge in [0.2, 0.25) is 10.0 Å². The summed E-state index contributed by atoms with van der Waals surface area (Å²) in [5.74, 6) is -2.35. The van der Waals surface area contributed by atoms with Crippen LogP contribution >= 0.6 is 11.6 Å². The number of rotatable bonds is 5. The lowest BCUT2D eigenvalue weighted by Crippen LogP contribution is -2.35. The van der Waals surface area contributed by atoms with Crippen LogP contribution in [0.3, 0.4) is 0 Å². The summed E-state index contributed by atoms with van der Waals surface area (Å²) in [5, 5.41) is 0.210. The smallest absolute Gasteiger partial charge is 0.290 e. The van der Waals surface area contributed by atoms with Crippen molar-refractivity contribution in [2.45, 2.75) is 23.2 Å². The van der Waals surface area contributed by atoms with Crippen LogP contribution in [0.5, 0.6) is 0 Å². The molecule has 1 aromatic carbocycles. The molecule has 0 aliphatic heterocycles. The average Bonchev–Trinajstić information content (AvgIpc) is 3.01. The molecule has 1 atom stereocenters. The molecule has 13 heteroatoms. The summed E-state index contributed by atoms with van der Waals surface area (Å²) in [5.41, 5.74) is -1.45. The number of sulfonamides is 1. The Hall–Kier alpha value is -2.31. The molecule has 30 heavy (non-hydrogen) atoms. The summed E-state index contributed by atoms with van der Waals surface area (Å²) < 4.78 is 106. The van der Waals surface area contributed by atoms with Crippen LogP contribution in [-0.2, 0) is 16.2 Å². The van der Waals surface area contributed by atoms with E-state index in [1.165, 1.54) is 16.8 Å². The maximum atomic E-state index is 13.4. The van der Waals surface area contributed by atoms with Crippen molar-refractivity contribution in [2.75, 3.05) is 6.54 Å². The highest BCUT2D eigenvalue weighted by atomic mass is 35.5. The molecule has 0 radical (unpaired) electrons. The van der Waals surface area contributed by atoms with Crippen LogP contribution in [0.4, 0.5) is 26.3 Å². The molecule has 0 saturated heterocycles. The molecule has 0 unspecified atom stereocenters. The third kappa shape index (κ3) is 4.71. The van der Waals surface area contributed by atoms with Crippen molar-refractivity contribution in [2.24, 2.45) is 0 Å². The first-order valence-electron chi connectivity index (χ1n) is 8.15. The van der Waals surface area contributed by atoms with E-state index in [0.29, 0.717) is 24.3 Å². The second-order valence-electron chi connectivity index (χ2n) is 6.24. The Morgan fingerprint density at radius 3 is 2.27 bits per heavy atom. The standard InChI is InChI=1S/C17H12ClF6N3O2S/c18-14-9-25-15-7-12(5-6-27(14)15)30(28,29)26-8-13(17(22,23)24)10-1-3-11(4-2-10)16(19,20)21/h1-7,9,13,26H,8H2/t13-/m1/s1. The third-order valence-electron chi connectivity index (χ3n) is 4.26. The average molecular weight is 472 g/mol. The Morgan fingerprint density at radius 1 is 1.07 bits per heavy atom. The van der Waals surface area contributed by atoms with Gasteiger partial charge in [0.1, 0.15) is 10.8 Å². The fourth-order valence-corrected chi connectivity index (χ4v) is 3.95. The summed E-state index contributed by atoms with van der Waals surface area (Å²) >= 11 is 5.84. The lowest BCUT2D eigenvalue weighted by Gasteiger charge is -2.21. The zero-order valence-corrected chi connectivity index (χ0v) is 16.2. The van der Waals surface area contributed by atoms with E-state index in [1.807, 2.05) is 4.72 Å². The van der Waals surface area contributed by atoms with E-state index in [0.717, 1.165) is 12.1 Å². The zero-order valence-electron chi connectivity index (χ0n) is 14.7. The second-order valence-corrected chi connectivity index (χ2v) is 8.39. The van der Waals surface area contributed by atoms with Crippen LogP contribution in [0.15, 0.2) is 53.7 Å². The minimum absolute atomic E-state index is 0.165. The van der Waals surface area contributed by atoms with Gasteiger partial charge in [0, 0.05) is 18.8 Å². The van der Waals surface area contributed by atoms with Crippen LogP contribution in [0.1, 0.15) is 17.0 Å². The lowest BCUT2D eigenvalue weighted by molar-refractivity contribution is -0.148. The Kier molecular flexibility index (Phi) is 5.78. The quantitative estimate of drug-likeness (QED) is 0.552. The molecule has 3 aromatic rings. The third-order valence-corrected chi connectivity index (χ3v) is 5.96. The minimum atomic E-state index is -4.90. The first-order chi connectivity index (χ1) is 13.8. The predicted molar refractivity (Wildman–Crippen MR) is 95.6 cm³/mol. The highest BCUT2D eigenvalue weighted by Gasteiger charge is 2.41. The molecule has 1 N–H and O–H groups in total. The number of halogens is 7. The normalized spacial score (nSPS) is 14.2. The van der Waals surface area contributed by atoms with Gasteiger partial charge in [-0.25, -0.2) is 18.1 Å². The van der Waals surface area contributed by atoms with Crippen molar-refractivity contribution in [1.82, 2.24) is 14.1 Å². The van der Waals surface area contributed by atoms with Crippen molar-refractivity contribution < 1.29 is 34.8 Å². The fraction of sp³-hybridized carbons (Fsp3) is 0.235. The summed E-state index contributed by atoms with van der Waals surface area (Å²) in [6, 6.07) is 4.62. The number of nitrogens with one attached hydrogen (secondary N) is 1. The Morgan fingerprint density at radius 2 is 1.70 bits per heavy atom. The zero-order chi connectivity index (χ0) is 22.3. The molecule has 0 aliphatic rings. The lowest BCUT2D eigenvalue weighted by atomic mass is 9.97. The second kappa shape index (κ2) is 7.75. The van der Waals surface area contributed by atoms with Crippen LogP contribution in [0, 0.1) is 0 Å². The Bertz CT molecular complexity index is 1160. The molecule has 0 saturated carbocycles. The largest absolute Gasteiger partial charge is 0.416 e. The van der Waals surface area contributed by atoms with E-state index < -0.39 is 46.0 Å². The molecule has 3 rings (SSSR count). The summed E-state index contributed by atoms with van der Waals surface area (Å²) in [4.78, 5) is 3.53. The molecule has 0 bridgehead atoms. The van der Waals surface area contributed by atoms with Crippen molar-refractivity contribution >= 4 is 27.3 Å². The highest BCUT2D eigenvalue weighted by molar-refractivity contribution is 7.89. The van der Waals surface area contributed by atoms with Gasteiger partial charge >= 0.3 is 12.4 Å². The molecule has 0 spiro atoms. The van der Waals surface area contributed by atoms with Crippen LogP contribution in [0.2, 0.25) is 5.15 Å². The maximum Gasteiger partial charge on any atom is 0.416 e. The number of pyridine rings is 1. The Balaban J connectivity index is 1.84. The van der Waals surface area contributed by atoms with Gasteiger partial charge in [-0.3, -0.25) is 4.40 Å². The summed E-state index contributed by atoms with van der Waals surface area (Å²) in [7, 11) is -4.36. The van der Waals surface area contributed by atoms with Gasteiger partial charge in [-0.05, 0) is 23.8 Å². The molecular weight excluding hydrogens is 460 g/mol. The number of imidazole rings is 1. The van der Waals surface area contributed by atoms with Crippen molar-refractivity contribution in [3.8, 4) is 0 Å². The molecule has 0 amide bonds. The van der Waals surface area contributed by atoms with E-state index in [2.05, 4.69) is 4.98 Å². The van der Waals surface area contributed by atoms with Gasteiger partial charge in [0.05, 0.1) is 22.6 Å². The van der Waals surface area contributed by atoms with Gasteiger partial charge in [0.25, 0.3) is 0 Å².